The molecule has 0 aliphatic heterocycles. The van der Waals surface area contributed by atoms with Crippen LogP contribution >= 0.6 is 22.9 Å². The summed E-state index contributed by atoms with van der Waals surface area (Å²) in [4.78, 5) is 1.18. The number of aliphatic hydroxyl groups is 1. The van der Waals surface area contributed by atoms with Crippen LogP contribution in [0.1, 0.15) is 23.3 Å². The lowest BCUT2D eigenvalue weighted by molar-refractivity contribution is 0.0280. The maximum atomic E-state index is 10.1. The Morgan fingerprint density at radius 1 is 1.27 bits per heavy atom. The van der Waals surface area contributed by atoms with Crippen LogP contribution in [0.2, 0.25) is 5.02 Å². The highest BCUT2D eigenvalue weighted by atomic mass is 35.5. The van der Waals surface area contributed by atoms with Gasteiger partial charge in [0.05, 0.1) is 19.3 Å². The Labute approximate surface area is 139 Å². The van der Waals surface area contributed by atoms with Crippen LogP contribution in [-0.2, 0) is 16.9 Å². The number of rotatable bonds is 8. The fourth-order valence-corrected chi connectivity index (χ4v) is 3.29. The van der Waals surface area contributed by atoms with E-state index in [0.717, 1.165) is 17.9 Å². The summed E-state index contributed by atoms with van der Waals surface area (Å²) in [7, 11) is 0. The van der Waals surface area contributed by atoms with Gasteiger partial charge in [0.2, 0.25) is 0 Å². The summed E-state index contributed by atoms with van der Waals surface area (Å²) in [6.07, 6.45) is 1.69. The van der Waals surface area contributed by atoms with Gasteiger partial charge in [-0.05, 0) is 42.0 Å². The normalized spacial score (nSPS) is 17.4. The number of hydrogen-bond donors (Lipinski definition) is 2. The highest BCUT2D eigenvalue weighted by Gasteiger charge is 2.43. The first-order valence-corrected chi connectivity index (χ1v) is 8.73. The Balaban J connectivity index is 1.42. The van der Waals surface area contributed by atoms with Crippen molar-refractivity contribution in [3.05, 3.63) is 57.2 Å². The summed E-state index contributed by atoms with van der Waals surface area (Å²) in [5, 5.41) is 16.3. The Kier molecular flexibility index (Phi) is 5.16. The molecule has 3 nitrogen and oxygen atoms in total. The van der Waals surface area contributed by atoms with Crippen molar-refractivity contribution in [2.45, 2.75) is 31.1 Å². The average molecular weight is 338 g/mol. The minimum Gasteiger partial charge on any atom is -0.389 e. The third-order valence-corrected chi connectivity index (χ3v) is 5.06. The van der Waals surface area contributed by atoms with Crippen LogP contribution in [0.15, 0.2) is 41.8 Å². The van der Waals surface area contributed by atoms with Gasteiger partial charge in [0.1, 0.15) is 0 Å². The first kappa shape index (κ1) is 16.0. The fourth-order valence-electron chi connectivity index (χ4n) is 2.52. The van der Waals surface area contributed by atoms with Gasteiger partial charge in [-0.1, -0.05) is 29.8 Å². The topological polar surface area (TPSA) is 41.5 Å². The second-order valence-corrected chi connectivity index (χ2v) is 7.19. The molecule has 1 aliphatic carbocycles. The minimum atomic E-state index is -0.496. The zero-order valence-corrected chi connectivity index (χ0v) is 13.9. The van der Waals surface area contributed by atoms with Crippen LogP contribution in [0.4, 0.5) is 0 Å². The first-order valence-electron chi connectivity index (χ1n) is 7.47. The molecule has 118 valence electrons. The van der Waals surface area contributed by atoms with Crippen molar-refractivity contribution in [1.29, 1.82) is 0 Å². The van der Waals surface area contributed by atoms with Crippen LogP contribution < -0.4 is 5.32 Å². The van der Waals surface area contributed by atoms with Crippen molar-refractivity contribution in [1.82, 2.24) is 5.32 Å². The Morgan fingerprint density at radius 3 is 2.68 bits per heavy atom. The van der Waals surface area contributed by atoms with E-state index in [1.165, 1.54) is 10.4 Å². The molecule has 1 aromatic carbocycles. The number of thiophene rings is 1. The van der Waals surface area contributed by atoms with E-state index in [-0.39, 0.29) is 5.54 Å². The van der Waals surface area contributed by atoms with Gasteiger partial charge in [0, 0.05) is 22.0 Å². The summed E-state index contributed by atoms with van der Waals surface area (Å²) < 4.78 is 5.55. The molecule has 5 heteroatoms. The standard InChI is InChI=1S/C17H20ClNO2S/c18-14-5-3-13(4-6-14)17(7-8-17)19-10-15(20)11-21-12-16-2-1-9-22-16/h1-6,9,15,19-20H,7-8,10-12H2. The molecule has 0 spiro atoms. The molecule has 22 heavy (non-hydrogen) atoms. The maximum Gasteiger partial charge on any atom is 0.0898 e. The highest BCUT2D eigenvalue weighted by Crippen LogP contribution is 2.45. The van der Waals surface area contributed by atoms with E-state index in [9.17, 15) is 5.11 Å². The lowest BCUT2D eigenvalue weighted by atomic mass is 10.0. The average Bonchev–Trinajstić information content (AvgIpc) is 3.13. The molecule has 1 saturated carbocycles. The third-order valence-electron chi connectivity index (χ3n) is 3.96. The monoisotopic (exact) mass is 337 g/mol. The minimum absolute atomic E-state index is 0.0132. The zero-order chi connectivity index (χ0) is 15.4. The Morgan fingerprint density at radius 2 is 2.05 bits per heavy atom. The molecule has 1 fully saturated rings. The summed E-state index contributed by atoms with van der Waals surface area (Å²) in [6.45, 7) is 1.45. The van der Waals surface area contributed by atoms with Gasteiger partial charge in [-0.25, -0.2) is 0 Å². The zero-order valence-electron chi connectivity index (χ0n) is 12.3. The van der Waals surface area contributed by atoms with Crippen LogP contribution in [0.25, 0.3) is 0 Å². The molecule has 0 amide bonds. The number of aliphatic hydroxyl groups excluding tert-OH is 1. The molecule has 3 rings (SSSR count). The van der Waals surface area contributed by atoms with Gasteiger partial charge in [-0.2, -0.15) is 0 Å². The van der Waals surface area contributed by atoms with Crippen LogP contribution in [0.5, 0.6) is 0 Å². The summed E-state index contributed by atoms with van der Waals surface area (Å²) in [5.74, 6) is 0. The third kappa shape index (κ3) is 4.09. The molecule has 2 aromatic rings. The number of halogens is 1. The number of nitrogens with one attached hydrogen (secondary N) is 1. The molecule has 0 saturated heterocycles. The lowest BCUT2D eigenvalue weighted by Crippen LogP contribution is -2.37. The van der Waals surface area contributed by atoms with E-state index >= 15 is 0 Å². The molecule has 0 bridgehead atoms. The van der Waals surface area contributed by atoms with Gasteiger partial charge < -0.3 is 15.2 Å². The number of benzene rings is 1. The second kappa shape index (κ2) is 7.11. The van der Waals surface area contributed by atoms with E-state index in [2.05, 4.69) is 17.4 Å². The molecule has 1 heterocycles. The Bertz CT molecular complexity index is 581. The Hall–Kier alpha value is -0.910. The highest BCUT2D eigenvalue weighted by molar-refractivity contribution is 7.09. The smallest absolute Gasteiger partial charge is 0.0898 e. The van der Waals surface area contributed by atoms with E-state index < -0.39 is 6.10 Å². The molecular formula is C17H20ClNO2S. The van der Waals surface area contributed by atoms with E-state index in [1.807, 2.05) is 29.6 Å². The van der Waals surface area contributed by atoms with Gasteiger partial charge in [0.15, 0.2) is 0 Å². The van der Waals surface area contributed by atoms with Gasteiger partial charge in [-0.15, -0.1) is 11.3 Å². The van der Waals surface area contributed by atoms with Gasteiger partial charge in [0.25, 0.3) is 0 Å². The quantitative estimate of drug-likeness (QED) is 0.774. The summed E-state index contributed by atoms with van der Waals surface area (Å²) >= 11 is 7.60. The SMILES string of the molecule is OC(CNC1(c2ccc(Cl)cc2)CC1)COCc1cccs1. The van der Waals surface area contributed by atoms with Crippen molar-refractivity contribution in [2.75, 3.05) is 13.2 Å². The molecule has 1 aromatic heterocycles. The van der Waals surface area contributed by atoms with Crippen molar-refractivity contribution >= 4 is 22.9 Å². The first-order chi connectivity index (χ1) is 10.7. The lowest BCUT2D eigenvalue weighted by Gasteiger charge is -2.20. The van der Waals surface area contributed by atoms with Crippen molar-refractivity contribution < 1.29 is 9.84 Å². The van der Waals surface area contributed by atoms with Gasteiger partial charge in [-0.3, -0.25) is 0 Å². The van der Waals surface area contributed by atoms with E-state index in [1.54, 1.807) is 11.3 Å². The number of hydrogen-bond acceptors (Lipinski definition) is 4. The summed E-state index contributed by atoms with van der Waals surface area (Å²) in [6, 6.07) is 12.0. The van der Waals surface area contributed by atoms with Crippen LogP contribution in [0, 0.1) is 0 Å². The van der Waals surface area contributed by atoms with Crippen molar-refractivity contribution in [2.24, 2.45) is 0 Å². The number of ether oxygens (including phenoxy) is 1. The maximum absolute atomic E-state index is 10.1. The van der Waals surface area contributed by atoms with E-state index in [4.69, 9.17) is 16.3 Å². The molecule has 1 atom stereocenters. The molecule has 1 unspecified atom stereocenters. The van der Waals surface area contributed by atoms with Crippen LogP contribution in [-0.4, -0.2) is 24.4 Å². The molecular weight excluding hydrogens is 318 g/mol. The van der Waals surface area contributed by atoms with Gasteiger partial charge >= 0.3 is 0 Å². The predicted octanol–water partition coefficient (Wildman–Crippen LogP) is 3.56. The van der Waals surface area contributed by atoms with Crippen molar-refractivity contribution in [3.8, 4) is 0 Å². The molecule has 1 aliphatic rings. The largest absolute Gasteiger partial charge is 0.389 e. The summed E-state index contributed by atoms with van der Waals surface area (Å²) in [5.41, 5.74) is 1.25. The molecule has 2 N–H and O–H groups in total. The van der Waals surface area contributed by atoms with Crippen LogP contribution in [0.3, 0.4) is 0 Å². The molecule has 0 radical (unpaired) electrons. The van der Waals surface area contributed by atoms with E-state index in [0.29, 0.717) is 19.8 Å². The second-order valence-electron chi connectivity index (χ2n) is 5.72. The van der Waals surface area contributed by atoms with Crippen molar-refractivity contribution in [3.63, 3.8) is 0 Å². The fraction of sp³-hybridized carbons (Fsp3) is 0.412. The predicted molar refractivity (Wildman–Crippen MR) is 90.3 cm³/mol.